The van der Waals surface area contributed by atoms with Gasteiger partial charge in [-0.25, -0.2) is 0 Å². The molecule has 0 aromatic heterocycles. The lowest BCUT2D eigenvalue weighted by molar-refractivity contribution is -0.117. The molecule has 1 fully saturated rings. The molecule has 0 radical (unpaired) electrons. The Morgan fingerprint density at radius 3 is 2.54 bits per heavy atom. The quantitative estimate of drug-likeness (QED) is 0.670. The molecule has 0 bridgehead atoms. The Morgan fingerprint density at radius 1 is 1.46 bits per heavy atom. The second kappa shape index (κ2) is 4.61. The molecule has 13 heavy (non-hydrogen) atoms. The van der Waals surface area contributed by atoms with E-state index in [0.29, 0.717) is 12.0 Å². The van der Waals surface area contributed by atoms with Gasteiger partial charge in [-0.2, -0.15) is 0 Å². The van der Waals surface area contributed by atoms with E-state index in [1.807, 2.05) is 0 Å². The topological polar surface area (TPSA) is 55.1 Å². The molecular formula is C10H20N2O. The lowest BCUT2D eigenvalue weighted by atomic mass is 9.83. The summed E-state index contributed by atoms with van der Waals surface area (Å²) >= 11 is 0. The molecule has 1 rings (SSSR count). The van der Waals surface area contributed by atoms with E-state index in [9.17, 15) is 4.79 Å². The first-order valence-electron chi connectivity index (χ1n) is 5.17. The zero-order chi connectivity index (χ0) is 9.73. The molecule has 0 saturated heterocycles. The van der Waals surface area contributed by atoms with Crippen molar-refractivity contribution in [3.05, 3.63) is 0 Å². The number of nitrogens with one attached hydrogen (secondary N) is 1. The summed E-state index contributed by atoms with van der Waals surface area (Å²) in [5, 5.41) is 3.14. The second-order valence-corrected chi connectivity index (χ2v) is 4.13. The van der Waals surface area contributed by atoms with E-state index in [0.717, 1.165) is 6.54 Å². The van der Waals surface area contributed by atoms with Crippen LogP contribution in [0.1, 0.15) is 39.0 Å². The lowest BCUT2D eigenvalue weighted by Crippen LogP contribution is -2.36. The number of hydrogen-bond donors (Lipinski definition) is 2. The summed E-state index contributed by atoms with van der Waals surface area (Å²) in [6, 6.07) is 0. The standard InChI is InChI=1S/C10H20N2O/c1-2-10(5-3-4-6-10)8-12-7-9(11)13/h12H,2-8H2,1H3,(H2,11,13). The molecule has 0 aliphatic heterocycles. The van der Waals surface area contributed by atoms with Crippen molar-refractivity contribution in [3.63, 3.8) is 0 Å². The van der Waals surface area contributed by atoms with Crippen LogP contribution < -0.4 is 11.1 Å². The van der Waals surface area contributed by atoms with Crippen LogP contribution in [0.15, 0.2) is 0 Å². The summed E-state index contributed by atoms with van der Waals surface area (Å²) in [6.45, 7) is 3.51. The van der Waals surface area contributed by atoms with E-state index >= 15 is 0 Å². The highest BCUT2D eigenvalue weighted by Gasteiger charge is 2.31. The van der Waals surface area contributed by atoms with E-state index in [-0.39, 0.29) is 5.91 Å². The van der Waals surface area contributed by atoms with Crippen molar-refractivity contribution in [2.45, 2.75) is 39.0 Å². The second-order valence-electron chi connectivity index (χ2n) is 4.13. The van der Waals surface area contributed by atoms with Crippen LogP contribution in [0.3, 0.4) is 0 Å². The highest BCUT2D eigenvalue weighted by molar-refractivity contribution is 5.75. The fraction of sp³-hybridized carbons (Fsp3) is 0.900. The Balaban J connectivity index is 2.27. The molecule has 0 atom stereocenters. The maximum Gasteiger partial charge on any atom is 0.231 e. The Morgan fingerprint density at radius 2 is 2.08 bits per heavy atom. The van der Waals surface area contributed by atoms with Crippen molar-refractivity contribution < 1.29 is 4.79 Å². The van der Waals surface area contributed by atoms with E-state index in [4.69, 9.17) is 5.73 Å². The van der Waals surface area contributed by atoms with Gasteiger partial charge in [0.2, 0.25) is 5.91 Å². The van der Waals surface area contributed by atoms with Crippen molar-refractivity contribution in [3.8, 4) is 0 Å². The van der Waals surface area contributed by atoms with Crippen molar-refractivity contribution >= 4 is 5.91 Å². The monoisotopic (exact) mass is 184 g/mol. The third-order valence-corrected chi connectivity index (χ3v) is 3.21. The molecule has 3 N–H and O–H groups in total. The van der Waals surface area contributed by atoms with Gasteiger partial charge in [-0.15, -0.1) is 0 Å². The molecule has 1 amide bonds. The van der Waals surface area contributed by atoms with E-state index in [1.165, 1.54) is 32.1 Å². The molecular weight excluding hydrogens is 164 g/mol. The number of nitrogens with two attached hydrogens (primary N) is 1. The van der Waals surface area contributed by atoms with Gasteiger partial charge >= 0.3 is 0 Å². The predicted molar refractivity (Wildman–Crippen MR) is 53.3 cm³/mol. The maximum atomic E-state index is 10.5. The summed E-state index contributed by atoms with van der Waals surface area (Å²) in [6.07, 6.45) is 6.49. The van der Waals surface area contributed by atoms with Gasteiger partial charge in [0.1, 0.15) is 0 Å². The Kier molecular flexibility index (Phi) is 3.72. The molecule has 0 heterocycles. The first kappa shape index (κ1) is 10.5. The number of amides is 1. The number of carbonyl (C=O) groups is 1. The minimum atomic E-state index is -0.260. The third kappa shape index (κ3) is 2.99. The fourth-order valence-electron chi connectivity index (χ4n) is 2.23. The van der Waals surface area contributed by atoms with Gasteiger partial charge in [-0.05, 0) is 24.7 Å². The summed E-state index contributed by atoms with van der Waals surface area (Å²) in [7, 11) is 0. The van der Waals surface area contributed by atoms with E-state index in [1.54, 1.807) is 0 Å². The SMILES string of the molecule is CCC1(CNCC(N)=O)CCCC1. The van der Waals surface area contributed by atoms with Crippen LogP contribution in [0, 0.1) is 5.41 Å². The minimum absolute atomic E-state index is 0.260. The zero-order valence-corrected chi connectivity index (χ0v) is 8.44. The molecule has 3 heteroatoms. The molecule has 1 saturated carbocycles. The van der Waals surface area contributed by atoms with Crippen molar-refractivity contribution in [2.75, 3.05) is 13.1 Å². The average Bonchev–Trinajstić information content (AvgIpc) is 2.53. The predicted octanol–water partition coefficient (Wildman–Crippen LogP) is 1.03. The molecule has 3 nitrogen and oxygen atoms in total. The van der Waals surface area contributed by atoms with E-state index < -0.39 is 0 Å². The smallest absolute Gasteiger partial charge is 0.231 e. The molecule has 0 spiro atoms. The minimum Gasteiger partial charge on any atom is -0.369 e. The van der Waals surface area contributed by atoms with Crippen molar-refractivity contribution in [1.29, 1.82) is 0 Å². The van der Waals surface area contributed by atoms with Crippen molar-refractivity contribution in [1.82, 2.24) is 5.32 Å². The number of rotatable bonds is 5. The van der Waals surface area contributed by atoms with Gasteiger partial charge < -0.3 is 11.1 Å². The van der Waals surface area contributed by atoms with Gasteiger partial charge in [0.05, 0.1) is 6.54 Å². The highest BCUT2D eigenvalue weighted by Crippen LogP contribution is 2.40. The summed E-state index contributed by atoms with van der Waals surface area (Å²) in [5.41, 5.74) is 5.51. The van der Waals surface area contributed by atoms with E-state index in [2.05, 4.69) is 12.2 Å². The van der Waals surface area contributed by atoms with Crippen LogP contribution in [0.25, 0.3) is 0 Å². The van der Waals surface area contributed by atoms with Crippen molar-refractivity contribution in [2.24, 2.45) is 11.1 Å². The maximum absolute atomic E-state index is 10.5. The number of hydrogen-bond acceptors (Lipinski definition) is 2. The Hall–Kier alpha value is -0.570. The molecule has 1 aliphatic carbocycles. The van der Waals surface area contributed by atoms with Crippen LogP contribution in [0.2, 0.25) is 0 Å². The summed E-state index contributed by atoms with van der Waals surface area (Å²) in [5.74, 6) is -0.260. The molecule has 0 aromatic rings. The Bertz CT molecular complexity index is 174. The zero-order valence-electron chi connectivity index (χ0n) is 8.44. The average molecular weight is 184 g/mol. The molecule has 76 valence electrons. The molecule has 0 aromatic carbocycles. The highest BCUT2D eigenvalue weighted by atomic mass is 16.1. The van der Waals surface area contributed by atoms with Gasteiger partial charge in [0, 0.05) is 6.54 Å². The number of primary amides is 1. The lowest BCUT2D eigenvalue weighted by Gasteiger charge is -2.27. The van der Waals surface area contributed by atoms with Gasteiger partial charge in [-0.1, -0.05) is 19.8 Å². The van der Waals surface area contributed by atoms with Crippen LogP contribution in [0.5, 0.6) is 0 Å². The van der Waals surface area contributed by atoms with Gasteiger partial charge in [0.25, 0.3) is 0 Å². The largest absolute Gasteiger partial charge is 0.369 e. The van der Waals surface area contributed by atoms with Crippen LogP contribution >= 0.6 is 0 Å². The number of carbonyl (C=O) groups excluding carboxylic acids is 1. The van der Waals surface area contributed by atoms with Crippen LogP contribution in [-0.4, -0.2) is 19.0 Å². The third-order valence-electron chi connectivity index (χ3n) is 3.21. The first-order chi connectivity index (χ1) is 6.18. The molecule has 0 unspecified atom stereocenters. The summed E-state index contributed by atoms with van der Waals surface area (Å²) in [4.78, 5) is 10.5. The van der Waals surface area contributed by atoms with Crippen LogP contribution in [0.4, 0.5) is 0 Å². The van der Waals surface area contributed by atoms with Gasteiger partial charge in [-0.3, -0.25) is 4.79 Å². The van der Waals surface area contributed by atoms with Gasteiger partial charge in [0.15, 0.2) is 0 Å². The fourth-order valence-corrected chi connectivity index (χ4v) is 2.23. The normalized spacial score (nSPS) is 20.4. The Labute approximate surface area is 80.1 Å². The summed E-state index contributed by atoms with van der Waals surface area (Å²) < 4.78 is 0. The first-order valence-corrected chi connectivity index (χ1v) is 5.17. The molecule has 1 aliphatic rings. The van der Waals surface area contributed by atoms with Crippen LogP contribution in [-0.2, 0) is 4.79 Å².